The molecule has 106 heavy (non-hydrogen) atoms. The third-order valence-corrected chi connectivity index (χ3v) is 33.7. The van der Waals surface area contributed by atoms with E-state index >= 15 is 0 Å². The van der Waals surface area contributed by atoms with E-state index in [2.05, 4.69) is 119 Å². The van der Waals surface area contributed by atoms with Crippen LogP contribution in [-0.4, -0.2) is 121 Å². The number of ether oxygens (including phenoxy) is 3. The highest BCUT2D eigenvalue weighted by Crippen LogP contribution is 2.44. The molecule has 9 N–H and O–H groups in total. The first-order valence-corrected chi connectivity index (χ1v) is 46.6. The number of non-ortho nitro benzene ring substituents is 1. The summed E-state index contributed by atoms with van der Waals surface area (Å²) >= 11 is 5.77. The molecular formula is C73H108BrN11O15S4Si2. The van der Waals surface area contributed by atoms with Gasteiger partial charge in [0.15, 0.2) is 16.6 Å². The molecule has 2 aliphatic rings. The minimum atomic E-state index is -4.22. The van der Waals surface area contributed by atoms with Gasteiger partial charge in [-0.25, -0.2) is 55.4 Å². The van der Waals surface area contributed by atoms with E-state index in [1.54, 1.807) is 78.2 Å². The van der Waals surface area contributed by atoms with Crippen molar-refractivity contribution in [2.24, 2.45) is 5.73 Å². The number of urea groups is 1. The molecule has 5 amide bonds. The number of thiazole rings is 2. The monoisotopic (exact) mass is 1640 g/mol. The second-order valence-corrected chi connectivity index (χ2v) is 46.9. The summed E-state index contributed by atoms with van der Waals surface area (Å²) in [4.78, 5) is 70.1. The Bertz CT molecular complexity index is 4170. The number of alkyl carbamates (subject to hydrolysis) is 2. The summed E-state index contributed by atoms with van der Waals surface area (Å²) in [5, 5.41) is 23.8. The van der Waals surface area contributed by atoms with Crippen molar-refractivity contribution in [3.63, 3.8) is 0 Å². The van der Waals surface area contributed by atoms with Gasteiger partial charge in [-0.1, -0.05) is 84.0 Å². The van der Waals surface area contributed by atoms with E-state index in [1.165, 1.54) is 64.6 Å². The maximum atomic E-state index is 14.3. The van der Waals surface area contributed by atoms with Crippen LogP contribution in [0.25, 0.3) is 20.9 Å². The lowest BCUT2D eigenvalue weighted by Gasteiger charge is -2.39. The normalized spacial score (nSPS) is 16.8. The fraction of sp³-hybridized carbons (Fsp3) is 0.534. The molecule has 0 radical (unpaired) electrons. The summed E-state index contributed by atoms with van der Waals surface area (Å²) in [7, 11) is -12.6. The molecule has 0 unspecified atom stereocenters. The number of amides is 5. The molecule has 4 aromatic carbocycles. The van der Waals surface area contributed by atoms with Crippen molar-refractivity contribution in [3.8, 4) is 26.6 Å². The average Bonchev–Trinajstić information content (AvgIpc) is 1.47. The highest BCUT2D eigenvalue weighted by atomic mass is 79.9. The van der Waals surface area contributed by atoms with Gasteiger partial charge in [0.1, 0.15) is 5.75 Å². The van der Waals surface area contributed by atoms with Crippen LogP contribution in [-0.2, 0) is 44.9 Å². The van der Waals surface area contributed by atoms with Crippen molar-refractivity contribution in [1.82, 2.24) is 34.4 Å². The molecule has 2 aromatic heterocycles. The summed E-state index contributed by atoms with van der Waals surface area (Å²) in [6.45, 7) is 36.6. The molecule has 2 saturated carbocycles. The standard InChI is InChI=1S/C36H51N5O9S2Si.C30H48BrN5O6S2Si.C7H9N/c1-23(2)49-33(42)38-25-12-10-24(11-13-25)32-37-21-30(51-32)29-19-14-26(39-34(43)50-28-17-15-27(16-18-28)41(44)45)20-31(29)52(46,47)40-36(6,7)22-48-53(8,9)35(3,4)5;1-19(2)42-28(38)34-21-12-10-20(11-13-21)26-32-17-24(43-26)23-15-14-22(33-27(37)35-31)16-25(23)44(39,40)36-30(6,7)18-41-45(8,9)29(3,4)5;8-6-7-4-2-1-3-5-7/h14-21,23-25,40H,10-13,22H2,1-9H3,(H,38,42)(H,39,43);14-17,19-21,36H,10-13,18H2,1-9H3,(H,34,38)(H2,33,35,37);1-5H,6,8H2. The molecule has 0 saturated heterocycles. The van der Waals surface area contributed by atoms with Crippen LogP contribution >= 0.6 is 38.8 Å². The lowest BCUT2D eigenvalue weighted by molar-refractivity contribution is -0.384. The Hall–Kier alpha value is -6.77. The van der Waals surface area contributed by atoms with E-state index in [4.69, 9.17) is 38.8 Å². The average molecular weight is 1640 g/mol. The number of nitrogens with one attached hydrogen (secondary N) is 7. The van der Waals surface area contributed by atoms with Gasteiger partial charge < -0.3 is 44.7 Å². The number of carbonyl (C=O) groups excluding carboxylic acids is 4. The molecule has 0 atom stereocenters. The molecule has 2 aliphatic carbocycles. The number of halogens is 1. The van der Waals surface area contributed by atoms with Crippen LogP contribution in [0.4, 0.5) is 36.2 Å². The van der Waals surface area contributed by atoms with Gasteiger partial charge >= 0.3 is 24.3 Å². The Morgan fingerprint density at radius 2 is 0.991 bits per heavy atom. The molecule has 8 rings (SSSR count). The van der Waals surface area contributed by atoms with E-state index in [0.29, 0.717) is 33.1 Å². The number of nitro benzene ring substituents is 1. The second kappa shape index (κ2) is 37.6. The number of anilines is 2. The maximum absolute atomic E-state index is 14.3. The Balaban J connectivity index is 0.000000303. The van der Waals surface area contributed by atoms with Crippen molar-refractivity contribution < 1.29 is 64.0 Å². The molecule has 0 bridgehead atoms. The summed E-state index contributed by atoms with van der Waals surface area (Å²) in [6, 6.07) is 23.9. The number of hydrogen-bond acceptors (Lipinski definition) is 20. The summed E-state index contributed by atoms with van der Waals surface area (Å²) in [5.74, 6) is 0.420. The van der Waals surface area contributed by atoms with Crippen molar-refractivity contribution in [1.29, 1.82) is 0 Å². The maximum Gasteiger partial charge on any atom is 0.417 e. The zero-order valence-electron chi connectivity index (χ0n) is 64.1. The van der Waals surface area contributed by atoms with E-state index in [1.807, 2.05) is 44.2 Å². The van der Waals surface area contributed by atoms with E-state index in [-0.39, 0.29) is 86.3 Å². The van der Waals surface area contributed by atoms with Gasteiger partial charge in [0.25, 0.3) is 5.69 Å². The Morgan fingerprint density at radius 1 is 0.594 bits per heavy atom. The van der Waals surface area contributed by atoms with Crippen LogP contribution in [0.2, 0.25) is 36.3 Å². The Morgan fingerprint density at radius 3 is 1.34 bits per heavy atom. The second-order valence-electron chi connectivity index (χ2n) is 31.4. The van der Waals surface area contributed by atoms with Crippen LogP contribution in [0.3, 0.4) is 0 Å². The van der Waals surface area contributed by atoms with Crippen LogP contribution in [0.5, 0.6) is 5.75 Å². The van der Waals surface area contributed by atoms with Gasteiger partial charge in [0.2, 0.25) is 20.0 Å². The lowest BCUT2D eigenvalue weighted by atomic mass is 9.86. The molecule has 33 heteroatoms. The van der Waals surface area contributed by atoms with Gasteiger partial charge in [-0.3, -0.25) is 19.8 Å². The lowest BCUT2D eigenvalue weighted by Crippen LogP contribution is -2.51. The third-order valence-electron chi connectivity index (χ3n) is 18.6. The third kappa shape index (κ3) is 26.8. The zero-order chi connectivity index (χ0) is 79.0. The number of aromatic nitrogens is 2. The van der Waals surface area contributed by atoms with Crippen LogP contribution in [0.15, 0.2) is 113 Å². The smallest absolute Gasteiger partial charge is 0.417 e. The quantitative estimate of drug-likeness (QED) is 0.0114. The van der Waals surface area contributed by atoms with E-state index in [9.17, 15) is 46.1 Å². The van der Waals surface area contributed by atoms with Crippen LogP contribution < -0.4 is 45.5 Å². The fourth-order valence-corrected chi connectivity index (χ4v) is 18.8. The van der Waals surface area contributed by atoms with Crippen molar-refractivity contribution >= 4 is 117 Å². The molecule has 26 nitrogen and oxygen atoms in total. The molecule has 2 heterocycles. The fourth-order valence-electron chi connectivity index (χ4n) is 10.8. The molecule has 2 fully saturated rings. The first kappa shape index (κ1) is 88.1. The number of nitro groups is 1. The predicted molar refractivity (Wildman–Crippen MR) is 428 cm³/mol. The SMILES string of the molecule is CC(C)OC(=O)NC1CCC(c2ncc(-c3ccc(NC(=O)NBr)cc3S(=O)(=O)NC(C)(C)CO[Si](C)(C)C(C)(C)C)s2)CC1.CC(C)OC(=O)NC1CCC(c2ncc(-c3ccc(NC(=O)Oc4ccc([N+](=O)[O-])cc4)cc3S(=O)(=O)NC(C)(C)CO[Si](C)(C)C(C)(C)C)s2)CC1.NCc1ccccc1. The highest BCUT2D eigenvalue weighted by molar-refractivity contribution is 9.08. The van der Waals surface area contributed by atoms with E-state index < -0.39 is 77.0 Å². The van der Waals surface area contributed by atoms with Gasteiger partial charge in [0, 0.05) is 88.6 Å². The molecule has 0 spiro atoms. The minimum Gasteiger partial charge on any atom is -0.447 e. The van der Waals surface area contributed by atoms with Gasteiger partial charge in [-0.2, -0.15) is 0 Å². The first-order valence-electron chi connectivity index (χ1n) is 35.4. The van der Waals surface area contributed by atoms with Gasteiger partial charge in [0.05, 0.1) is 76.1 Å². The largest absolute Gasteiger partial charge is 0.447 e. The summed E-state index contributed by atoms with van der Waals surface area (Å²) < 4.78 is 93.0. The van der Waals surface area contributed by atoms with Gasteiger partial charge in [-0.15, -0.1) is 22.7 Å². The number of hydrogen-bond donors (Lipinski definition) is 8. The molecular weight excluding hydrogens is 1540 g/mol. The number of benzene rings is 4. The van der Waals surface area contributed by atoms with Gasteiger partial charge in [-0.05, 0) is 185 Å². The van der Waals surface area contributed by atoms with Crippen molar-refractivity contribution in [2.75, 3.05) is 23.8 Å². The highest BCUT2D eigenvalue weighted by Gasteiger charge is 2.42. The molecule has 584 valence electrons. The Kier molecular flexibility index (Phi) is 31.2. The van der Waals surface area contributed by atoms with Crippen molar-refractivity contribution in [3.05, 3.63) is 129 Å². The first-order chi connectivity index (χ1) is 49.2. The van der Waals surface area contributed by atoms with E-state index in [0.717, 1.165) is 61.4 Å². The Labute approximate surface area is 644 Å². The number of carbonyl (C=O) groups is 4. The topological polar surface area (TPSA) is 362 Å². The summed E-state index contributed by atoms with van der Waals surface area (Å²) in [6.07, 6.45) is 7.70. The molecule has 0 aliphatic heterocycles. The number of nitrogens with two attached hydrogens (primary N) is 1. The summed E-state index contributed by atoms with van der Waals surface area (Å²) in [5.41, 5.74) is 5.85. The number of rotatable bonds is 25. The predicted octanol–water partition coefficient (Wildman–Crippen LogP) is 17.2. The zero-order valence-corrected chi connectivity index (χ0v) is 71.0. The van der Waals surface area contributed by atoms with Crippen LogP contribution in [0.1, 0.15) is 176 Å². The van der Waals surface area contributed by atoms with Crippen LogP contribution in [0, 0.1) is 10.1 Å². The molecule has 6 aromatic rings. The minimum absolute atomic E-state index is 0.0101. The van der Waals surface area contributed by atoms with Crippen molar-refractivity contribution in [2.45, 2.75) is 248 Å². The number of nitrogens with zero attached hydrogens (tertiary/aromatic N) is 3. The number of sulfonamides is 2.